The zero-order chi connectivity index (χ0) is 21.9. The van der Waals surface area contributed by atoms with E-state index in [1.807, 2.05) is 47.4 Å². The van der Waals surface area contributed by atoms with Gasteiger partial charge in [0.05, 0.1) is 11.8 Å². The summed E-state index contributed by atoms with van der Waals surface area (Å²) in [6.45, 7) is 4.72. The number of ether oxygens (including phenoxy) is 2. The maximum atomic E-state index is 13.2. The highest BCUT2D eigenvalue weighted by molar-refractivity contribution is 7.99. The van der Waals surface area contributed by atoms with Crippen LogP contribution in [0.5, 0.6) is 11.5 Å². The Hall–Kier alpha value is -3.00. The molecule has 3 aromatic rings. The number of fused-ring (bicyclic) bond motifs is 1. The Balaban J connectivity index is 1.29. The van der Waals surface area contributed by atoms with E-state index in [1.165, 1.54) is 11.8 Å². The van der Waals surface area contributed by atoms with Crippen molar-refractivity contribution in [3.8, 4) is 22.9 Å². The Kier molecular flexibility index (Phi) is 6.03. The van der Waals surface area contributed by atoms with Crippen LogP contribution in [0.25, 0.3) is 11.4 Å². The van der Waals surface area contributed by atoms with Crippen molar-refractivity contribution < 1.29 is 14.3 Å². The lowest BCUT2D eigenvalue weighted by Crippen LogP contribution is -2.32. The minimum atomic E-state index is 0.0721. The maximum Gasteiger partial charge on any atom is 0.233 e. The average molecular weight is 451 g/mol. The topological polar surface area (TPSA) is 69.5 Å². The van der Waals surface area contributed by atoms with Gasteiger partial charge in [-0.25, -0.2) is 0 Å². The van der Waals surface area contributed by atoms with Crippen molar-refractivity contribution >= 4 is 17.7 Å². The molecule has 166 valence electrons. The molecule has 1 amide bonds. The molecule has 0 saturated carbocycles. The lowest BCUT2D eigenvalue weighted by atomic mass is 10.0. The van der Waals surface area contributed by atoms with E-state index in [0.29, 0.717) is 19.0 Å². The van der Waals surface area contributed by atoms with Crippen LogP contribution in [0, 0.1) is 0 Å². The number of hydrogen-bond donors (Lipinski definition) is 0. The Morgan fingerprint density at radius 2 is 1.91 bits per heavy atom. The van der Waals surface area contributed by atoms with Gasteiger partial charge in [-0.2, -0.15) is 0 Å². The third-order valence-electron chi connectivity index (χ3n) is 5.91. The first-order chi connectivity index (χ1) is 15.7. The molecular formula is C24H26N4O3S. The van der Waals surface area contributed by atoms with Gasteiger partial charge in [-0.3, -0.25) is 4.79 Å². The molecule has 2 aromatic carbocycles. The van der Waals surface area contributed by atoms with Crippen molar-refractivity contribution in [2.45, 2.75) is 37.5 Å². The van der Waals surface area contributed by atoms with Crippen LogP contribution in [0.1, 0.15) is 31.4 Å². The first-order valence-electron chi connectivity index (χ1n) is 11.0. The molecule has 5 rings (SSSR count). The summed E-state index contributed by atoms with van der Waals surface area (Å²) in [4.78, 5) is 15.1. The first kappa shape index (κ1) is 20.9. The predicted octanol–water partition coefficient (Wildman–Crippen LogP) is 4.19. The summed E-state index contributed by atoms with van der Waals surface area (Å²) in [6.07, 6.45) is 1.96. The number of hydrogen-bond acceptors (Lipinski definition) is 6. The van der Waals surface area contributed by atoms with E-state index >= 15 is 0 Å². The standard InChI is InChI=1S/C24H26N4O3S/c1-2-27-23(17-7-4-3-5-8-17)25-26-24(27)32-16-22(29)28-12-6-9-19(28)18-10-11-20-21(15-18)31-14-13-30-20/h3-5,7-8,10-11,15,19H,2,6,9,12-14,16H2,1H3/t19-/m1/s1. The largest absolute Gasteiger partial charge is 0.486 e. The fourth-order valence-corrected chi connectivity index (χ4v) is 5.26. The molecule has 7 nitrogen and oxygen atoms in total. The molecule has 0 unspecified atom stereocenters. The van der Waals surface area contributed by atoms with Gasteiger partial charge < -0.3 is 18.9 Å². The second-order valence-corrected chi connectivity index (χ2v) is 8.80. The van der Waals surface area contributed by atoms with Crippen LogP contribution in [0.2, 0.25) is 0 Å². The highest BCUT2D eigenvalue weighted by Gasteiger charge is 2.31. The van der Waals surface area contributed by atoms with Crippen molar-refractivity contribution in [1.29, 1.82) is 0 Å². The van der Waals surface area contributed by atoms with Gasteiger partial charge in [-0.05, 0) is 37.5 Å². The zero-order valence-corrected chi connectivity index (χ0v) is 18.9. The van der Waals surface area contributed by atoms with Crippen LogP contribution in [0.15, 0.2) is 53.7 Å². The summed E-state index contributed by atoms with van der Waals surface area (Å²) in [6, 6.07) is 16.1. The number of rotatable bonds is 6. The van der Waals surface area contributed by atoms with Crippen molar-refractivity contribution in [2.24, 2.45) is 0 Å². The second kappa shape index (κ2) is 9.24. The minimum Gasteiger partial charge on any atom is -0.486 e. The van der Waals surface area contributed by atoms with Gasteiger partial charge in [0.15, 0.2) is 22.5 Å². The van der Waals surface area contributed by atoms with Gasteiger partial charge in [-0.1, -0.05) is 48.2 Å². The lowest BCUT2D eigenvalue weighted by Gasteiger charge is -2.26. The average Bonchev–Trinajstić information content (AvgIpc) is 3.50. The molecule has 2 aliphatic heterocycles. The van der Waals surface area contributed by atoms with Crippen LogP contribution < -0.4 is 9.47 Å². The molecule has 1 fully saturated rings. The number of amides is 1. The maximum absolute atomic E-state index is 13.2. The number of thioether (sulfide) groups is 1. The van der Waals surface area contributed by atoms with Crippen molar-refractivity contribution in [3.05, 3.63) is 54.1 Å². The highest BCUT2D eigenvalue weighted by atomic mass is 32.2. The fourth-order valence-electron chi connectivity index (χ4n) is 4.37. The molecular weight excluding hydrogens is 424 g/mol. The van der Waals surface area contributed by atoms with Crippen molar-refractivity contribution in [2.75, 3.05) is 25.5 Å². The van der Waals surface area contributed by atoms with Crippen LogP contribution in [0.4, 0.5) is 0 Å². The zero-order valence-electron chi connectivity index (χ0n) is 18.1. The van der Waals surface area contributed by atoms with Gasteiger partial charge in [0.25, 0.3) is 0 Å². The predicted molar refractivity (Wildman–Crippen MR) is 123 cm³/mol. The van der Waals surface area contributed by atoms with E-state index in [0.717, 1.165) is 59.5 Å². The van der Waals surface area contributed by atoms with Gasteiger partial charge in [0.2, 0.25) is 5.91 Å². The van der Waals surface area contributed by atoms with E-state index in [9.17, 15) is 4.79 Å². The van der Waals surface area contributed by atoms with Gasteiger partial charge in [-0.15, -0.1) is 10.2 Å². The Labute approximate surface area is 191 Å². The number of nitrogens with zero attached hydrogens (tertiary/aromatic N) is 4. The van der Waals surface area contributed by atoms with Crippen LogP contribution in [0.3, 0.4) is 0 Å². The third-order valence-corrected chi connectivity index (χ3v) is 6.87. The van der Waals surface area contributed by atoms with Gasteiger partial charge in [0.1, 0.15) is 13.2 Å². The molecule has 0 radical (unpaired) electrons. The molecule has 2 aliphatic rings. The first-order valence-corrected chi connectivity index (χ1v) is 12.0. The summed E-state index contributed by atoms with van der Waals surface area (Å²) < 4.78 is 13.4. The third kappa shape index (κ3) is 4.07. The smallest absolute Gasteiger partial charge is 0.233 e. The molecule has 0 spiro atoms. The van der Waals surface area contributed by atoms with Gasteiger partial charge >= 0.3 is 0 Å². The van der Waals surface area contributed by atoms with Crippen LogP contribution in [-0.2, 0) is 11.3 Å². The van der Waals surface area contributed by atoms with E-state index in [1.54, 1.807) is 0 Å². The Morgan fingerprint density at radius 1 is 1.09 bits per heavy atom. The molecule has 8 heteroatoms. The molecule has 1 atom stereocenters. The Morgan fingerprint density at radius 3 is 2.72 bits per heavy atom. The summed E-state index contributed by atoms with van der Waals surface area (Å²) in [5.74, 6) is 2.85. The molecule has 0 aliphatic carbocycles. The summed E-state index contributed by atoms with van der Waals surface area (Å²) in [7, 11) is 0. The highest BCUT2D eigenvalue weighted by Crippen LogP contribution is 2.38. The molecule has 1 saturated heterocycles. The monoisotopic (exact) mass is 450 g/mol. The number of carbonyl (C=O) groups excluding carboxylic acids is 1. The number of benzene rings is 2. The van der Waals surface area contributed by atoms with E-state index in [4.69, 9.17) is 9.47 Å². The number of carbonyl (C=O) groups is 1. The second-order valence-electron chi connectivity index (χ2n) is 7.85. The Bertz CT molecular complexity index is 1100. The van der Waals surface area contributed by atoms with Crippen LogP contribution >= 0.6 is 11.8 Å². The lowest BCUT2D eigenvalue weighted by molar-refractivity contribution is -0.129. The van der Waals surface area contributed by atoms with E-state index in [-0.39, 0.29) is 11.9 Å². The quantitative estimate of drug-likeness (QED) is 0.525. The summed E-state index contributed by atoms with van der Waals surface area (Å²) in [5, 5.41) is 9.51. The molecule has 32 heavy (non-hydrogen) atoms. The number of likely N-dealkylation sites (tertiary alicyclic amines) is 1. The van der Waals surface area contributed by atoms with E-state index < -0.39 is 0 Å². The molecule has 1 aromatic heterocycles. The molecule has 3 heterocycles. The number of aromatic nitrogens is 3. The van der Waals surface area contributed by atoms with Crippen molar-refractivity contribution in [3.63, 3.8) is 0 Å². The van der Waals surface area contributed by atoms with Crippen LogP contribution in [-0.4, -0.2) is 51.1 Å². The summed E-state index contributed by atoms with van der Waals surface area (Å²) >= 11 is 1.46. The molecule has 0 bridgehead atoms. The molecule has 0 N–H and O–H groups in total. The SMILES string of the molecule is CCn1c(SCC(=O)N2CCC[C@@H]2c2ccc3c(c2)OCCO3)nnc1-c1ccccc1. The van der Waals surface area contributed by atoms with Gasteiger partial charge in [0, 0.05) is 18.7 Å². The van der Waals surface area contributed by atoms with E-state index in [2.05, 4.69) is 27.8 Å². The normalized spacial score (nSPS) is 17.5. The van der Waals surface area contributed by atoms with Crippen molar-refractivity contribution in [1.82, 2.24) is 19.7 Å². The fraction of sp³-hybridized carbons (Fsp3) is 0.375. The summed E-state index contributed by atoms with van der Waals surface area (Å²) in [5.41, 5.74) is 2.13. The minimum absolute atomic E-state index is 0.0721.